The first-order valence-electron chi connectivity index (χ1n) is 5.10. The molecule has 3 N–H and O–H groups in total. The lowest BCUT2D eigenvalue weighted by molar-refractivity contribution is -0.128. The molecule has 1 amide bonds. The van der Waals surface area contributed by atoms with Crippen molar-refractivity contribution in [2.75, 3.05) is 38.3 Å². The minimum Gasteiger partial charge on any atom is -0.383 e. The maximum atomic E-state index is 11.5. The Morgan fingerprint density at radius 2 is 2.40 bits per heavy atom. The zero-order chi connectivity index (χ0) is 11.1. The predicted octanol–water partition coefficient (Wildman–Crippen LogP) is -0.570. The van der Waals surface area contributed by atoms with Crippen LogP contribution in [0.4, 0.5) is 0 Å². The number of nitrogens with two attached hydrogens (primary N) is 1. The van der Waals surface area contributed by atoms with Crippen LogP contribution in [0.25, 0.3) is 0 Å². The van der Waals surface area contributed by atoms with Crippen LogP contribution in [0.5, 0.6) is 0 Å². The number of ether oxygens (including phenoxy) is 1. The maximum Gasteiger partial charge on any atom is 0.253 e. The number of carbonyl (C=O) groups is 1. The summed E-state index contributed by atoms with van der Waals surface area (Å²) in [6.07, 6.45) is 1.11. The molecule has 0 aromatic heterocycles. The molecule has 0 aliphatic carbocycles. The van der Waals surface area contributed by atoms with Gasteiger partial charge in [-0.2, -0.15) is 11.8 Å². The summed E-state index contributed by atoms with van der Waals surface area (Å²) in [4.78, 5) is 13.7. The second-order valence-electron chi connectivity index (χ2n) is 3.48. The average molecular weight is 233 g/mol. The van der Waals surface area contributed by atoms with Crippen molar-refractivity contribution in [1.29, 1.82) is 0 Å². The lowest BCUT2D eigenvalue weighted by Gasteiger charge is -2.28. The molecule has 0 aromatic carbocycles. The third-order valence-electron chi connectivity index (χ3n) is 2.47. The van der Waals surface area contributed by atoms with Crippen molar-refractivity contribution in [2.45, 2.75) is 12.5 Å². The number of hydrogen-bond acceptors (Lipinski definition) is 5. The van der Waals surface area contributed by atoms with E-state index in [9.17, 15) is 4.79 Å². The van der Waals surface area contributed by atoms with Crippen LogP contribution in [0.15, 0.2) is 0 Å². The molecule has 0 aromatic rings. The van der Waals surface area contributed by atoms with Crippen molar-refractivity contribution in [3.8, 4) is 0 Å². The van der Waals surface area contributed by atoms with E-state index in [1.165, 1.54) is 5.75 Å². The van der Waals surface area contributed by atoms with Gasteiger partial charge in [0.15, 0.2) is 0 Å². The average Bonchev–Trinajstić information content (AvgIpc) is 2.53. The molecule has 1 fully saturated rings. The minimum absolute atomic E-state index is 0.163. The molecule has 1 heterocycles. The number of amides is 1. The highest BCUT2D eigenvalue weighted by Crippen LogP contribution is 2.12. The summed E-state index contributed by atoms with van der Waals surface area (Å²) >= 11 is 1.93. The van der Waals surface area contributed by atoms with E-state index in [0.29, 0.717) is 6.61 Å². The van der Waals surface area contributed by atoms with Crippen molar-refractivity contribution < 1.29 is 9.53 Å². The van der Waals surface area contributed by atoms with Crippen molar-refractivity contribution in [1.82, 2.24) is 10.3 Å². The highest BCUT2D eigenvalue weighted by molar-refractivity contribution is 7.99. The van der Waals surface area contributed by atoms with E-state index in [4.69, 9.17) is 10.6 Å². The first kappa shape index (κ1) is 12.8. The molecule has 0 bridgehead atoms. The van der Waals surface area contributed by atoms with Gasteiger partial charge >= 0.3 is 0 Å². The summed E-state index contributed by atoms with van der Waals surface area (Å²) in [7, 11) is 1.60. The van der Waals surface area contributed by atoms with Gasteiger partial charge in [-0.15, -0.1) is 0 Å². The van der Waals surface area contributed by atoms with Crippen LogP contribution in [-0.4, -0.2) is 55.2 Å². The second kappa shape index (κ2) is 7.05. The van der Waals surface area contributed by atoms with Crippen LogP contribution in [0, 0.1) is 0 Å². The highest BCUT2D eigenvalue weighted by Gasteiger charge is 2.25. The molecule has 1 saturated heterocycles. The molecule has 5 nitrogen and oxygen atoms in total. The zero-order valence-electron chi connectivity index (χ0n) is 9.07. The number of carbonyl (C=O) groups excluding carboxylic acids is 1. The Bertz CT molecular complexity index is 196. The highest BCUT2D eigenvalue weighted by atomic mass is 32.2. The monoisotopic (exact) mass is 233 g/mol. The van der Waals surface area contributed by atoms with E-state index < -0.39 is 0 Å². The number of hydrogen-bond donors (Lipinski definition) is 2. The fraction of sp³-hybridized carbons (Fsp3) is 0.889. The van der Waals surface area contributed by atoms with E-state index in [2.05, 4.69) is 10.3 Å². The van der Waals surface area contributed by atoms with Gasteiger partial charge in [-0.3, -0.25) is 15.1 Å². The normalized spacial score (nSPS) is 20.7. The van der Waals surface area contributed by atoms with Crippen LogP contribution in [0.2, 0.25) is 0 Å². The van der Waals surface area contributed by atoms with Gasteiger partial charge in [-0.25, -0.2) is 5.84 Å². The number of nitrogens with one attached hydrogen (secondary N) is 1. The summed E-state index contributed by atoms with van der Waals surface area (Å²) in [6.45, 7) is 2.26. The van der Waals surface area contributed by atoms with Gasteiger partial charge in [0.2, 0.25) is 0 Å². The van der Waals surface area contributed by atoms with E-state index in [0.717, 1.165) is 25.3 Å². The van der Waals surface area contributed by atoms with Crippen molar-refractivity contribution in [2.24, 2.45) is 5.84 Å². The van der Waals surface area contributed by atoms with Gasteiger partial charge in [0.05, 0.1) is 6.61 Å². The molecule has 0 saturated carbocycles. The van der Waals surface area contributed by atoms with Crippen molar-refractivity contribution in [3.05, 3.63) is 0 Å². The van der Waals surface area contributed by atoms with E-state index in [1.807, 2.05) is 11.8 Å². The first-order valence-corrected chi connectivity index (χ1v) is 6.26. The Morgan fingerprint density at radius 3 is 3.07 bits per heavy atom. The van der Waals surface area contributed by atoms with E-state index in [-0.39, 0.29) is 11.9 Å². The van der Waals surface area contributed by atoms with Gasteiger partial charge in [0.25, 0.3) is 5.91 Å². The van der Waals surface area contributed by atoms with Gasteiger partial charge in [0.1, 0.15) is 6.04 Å². The number of thioether (sulfide) groups is 1. The molecule has 88 valence electrons. The molecule has 1 aliphatic heterocycles. The molecule has 15 heavy (non-hydrogen) atoms. The molecular weight excluding hydrogens is 214 g/mol. The summed E-state index contributed by atoms with van der Waals surface area (Å²) in [5.41, 5.74) is 2.20. The Labute approximate surface area is 94.7 Å². The van der Waals surface area contributed by atoms with Crippen LogP contribution in [0.1, 0.15) is 6.42 Å². The topological polar surface area (TPSA) is 67.6 Å². The SMILES string of the molecule is COCC(C(=O)NN)N1CCCSCC1. The number of rotatable bonds is 4. The summed E-state index contributed by atoms with van der Waals surface area (Å²) < 4.78 is 5.06. The third-order valence-corrected chi connectivity index (χ3v) is 3.52. The van der Waals surface area contributed by atoms with Gasteiger partial charge in [0, 0.05) is 19.4 Å². The summed E-state index contributed by atoms with van der Waals surface area (Å²) in [5.74, 6) is 7.23. The lowest BCUT2D eigenvalue weighted by atomic mass is 10.2. The molecule has 6 heteroatoms. The maximum absolute atomic E-state index is 11.5. The third kappa shape index (κ3) is 3.98. The molecule has 1 unspecified atom stereocenters. The smallest absolute Gasteiger partial charge is 0.253 e. The number of methoxy groups -OCH3 is 1. The number of hydrazine groups is 1. The largest absolute Gasteiger partial charge is 0.383 e. The first-order chi connectivity index (χ1) is 7.29. The fourth-order valence-electron chi connectivity index (χ4n) is 1.68. The number of nitrogens with zero attached hydrogens (tertiary/aromatic N) is 1. The van der Waals surface area contributed by atoms with Gasteiger partial charge in [-0.1, -0.05) is 0 Å². The zero-order valence-corrected chi connectivity index (χ0v) is 9.89. The molecule has 1 aliphatic rings. The van der Waals surface area contributed by atoms with Crippen molar-refractivity contribution >= 4 is 17.7 Å². The fourth-order valence-corrected chi connectivity index (χ4v) is 2.58. The Kier molecular flexibility index (Phi) is 6.00. The second-order valence-corrected chi connectivity index (χ2v) is 4.71. The van der Waals surface area contributed by atoms with Gasteiger partial charge < -0.3 is 4.74 Å². The molecule has 1 rings (SSSR count). The summed E-state index contributed by atoms with van der Waals surface area (Å²) in [6, 6.07) is -0.251. The van der Waals surface area contributed by atoms with E-state index in [1.54, 1.807) is 7.11 Å². The quantitative estimate of drug-likeness (QED) is 0.387. The van der Waals surface area contributed by atoms with E-state index >= 15 is 0 Å². The van der Waals surface area contributed by atoms with Gasteiger partial charge in [-0.05, 0) is 18.7 Å². The predicted molar refractivity (Wildman–Crippen MR) is 61.5 cm³/mol. The molecule has 0 radical (unpaired) electrons. The Morgan fingerprint density at radius 1 is 1.60 bits per heavy atom. The molecular formula is C9H19N3O2S. The van der Waals surface area contributed by atoms with Crippen LogP contribution >= 0.6 is 11.8 Å². The standard InChI is InChI=1S/C9H19N3O2S/c1-14-7-8(9(13)11-10)12-3-2-5-15-6-4-12/h8H,2-7,10H2,1H3,(H,11,13). The van der Waals surface area contributed by atoms with Crippen LogP contribution in [0.3, 0.4) is 0 Å². The Hall–Kier alpha value is -0.300. The Balaban J connectivity index is 2.55. The minimum atomic E-state index is -0.251. The molecule has 0 spiro atoms. The van der Waals surface area contributed by atoms with Crippen molar-refractivity contribution in [3.63, 3.8) is 0 Å². The molecule has 1 atom stereocenters. The van der Waals surface area contributed by atoms with Crippen LogP contribution < -0.4 is 11.3 Å². The summed E-state index contributed by atoms with van der Waals surface area (Å²) in [5, 5.41) is 0. The van der Waals surface area contributed by atoms with Crippen LogP contribution in [-0.2, 0) is 9.53 Å². The lowest BCUT2D eigenvalue weighted by Crippen LogP contribution is -2.52.